The smallest absolute Gasteiger partial charge is 0.326 e. The third kappa shape index (κ3) is 6.54. The number of amides is 1. The molecule has 0 bridgehead atoms. The van der Waals surface area contributed by atoms with E-state index in [2.05, 4.69) is 4.99 Å². The van der Waals surface area contributed by atoms with Crippen LogP contribution in [0.1, 0.15) is 13.3 Å². The van der Waals surface area contributed by atoms with Crippen LogP contribution >= 0.6 is 11.3 Å². The maximum absolute atomic E-state index is 12.6. The highest BCUT2D eigenvalue weighted by Crippen LogP contribution is 2.22. The van der Waals surface area contributed by atoms with Crippen LogP contribution < -0.4 is 14.7 Å². The summed E-state index contributed by atoms with van der Waals surface area (Å²) in [6, 6.07) is 9.82. The van der Waals surface area contributed by atoms with E-state index in [0.717, 1.165) is 11.3 Å². The van der Waals surface area contributed by atoms with Gasteiger partial charge < -0.3 is 14.0 Å². The highest BCUT2D eigenvalue weighted by atomic mass is 32.2. The number of nitrogens with zero attached hydrogens (tertiary/aromatic N) is 2. The molecule has 0 radical (unpaired) electrons. The van der Waals surface area contributed by atoms with Gasteiger partial charge in [0.2, 0.25) is 15.9 Å². The Balaban J connectivity index is 1.93. The molecule has 0 aliphatic rings. The molecule has 1 amide bonds. The number of nitrogens with two attached hydrogens (primary N) is 1. The number of hydrogen-bond acceptors (Lipinski definition) is 9. The van der Waals surface area contributed by atoms with Gasteiger partial charge in [-0.1, -0.05) is 11.3 Å². The molecule has 2 N–H and O–H groups in total. The Morgan fingerprint density at radius 3 is 2.31 bits per heavy atom. The number of fused-ring (bicyclic) bond motifs is 1. The van der Waals surface area contributed by atoms with Crippen molar-refractivity contribution < 1.29 is 35.9 Å². The minimum Gasteiger partial charge on any atom is -0.497 e. The number of hydrogen-bond donors (Lipinski definition) is 1. The Hall–Kier alpha value is -3.07. The second-order valence-corrected chi connectivity index (χ2v) is 11.9. The van der Waals surface area contributed by atoms with Gasteiger partial charge >= 0.3 is 5.97 Å². The molecule has 3 aromatic rings. The normalized spacial score (nSPS) is 12.6. The summed E-state index contributed by atoms with van der Waals surface area (Å²) in [7, 11) is -6.26. The highest BCUT2D eigenvalue weighted by Gasteiger charge is 2.18. The van der Waals surface area contributed by atoms with Crippen LogP contribution in [0.25, 0.3) is 10.2 Å². The molecular formula is C21H23N3O8S3. The fourth-order valence-electron chi connectivity index (χ4n) is 3.09. The monoisotopic (exact) mass is 541 g/mol. The number of sulfonamides is 1. The van der Waals surface area contributed by atoms with Crippen LogP contribution in [-0.2, 0) is 40.7 Å². The number of primary sulfonamides is 1. The third-order valence-corrected chi connectivity index (χ3v) is 8.48. The van der Waals surface area contributed by atoms with Crippen molar-refractivity contribution >= 4 is 53.3 Å². The van der Waals surface area contributed by atoms with Gasteiger partial charge in [-0.3, -0.25) is 9.59 Å². The minimum absolute atomic E-state index is 0.0425. The Labute approximate surface area is 205 Å². The van der Waals surface area contributed by atoms with Gasteiger partial charge in [0.15, 0.2) is 14.6 Å². The van der Waals surface area contributed by atoms with Crippen molar-refractivity contribution in [1.29, 1.82) is 0 Å². The van der Waals surface area contributed by atoms with Gasteiger partial charge in [-0.25, -0.2) is 22.0 Å². The second kappa shape index (κ2) is 10.7. The largest absolute Gasteiger partial charge is 0.497 e. The predicted octanol–water partition coefficient (Wildman–Crippen LogP) is 1.21. The summed E-state index contributed by atoms with van der Waals surface area (Å²) in [5.74, 6) is -1.28. The van der Waals surface area contributed by atoms with Crippen molar-refractivity contribution in [3.8, 4) is 5.75 Å². The van der Waals surface area contributed by atoms with Crippen LogP contribution in [-0.4, -0.2) is 52.7 Å². The lowest BCUT2D eigenvalue weighted by Gasteiger charge is -2.06. The highest BCUT2D eigenvalue weighted by molar-refractivity contribution is 7.91. The van der Waals surface area contributed by atoms with E-state index >= 15 is 0 Å². The van der Waals surface area contributed by atoms with E-state index < -0.39 is 43.9 Å². The number of sulfone groups is 1. The summed E-state index contributed by atoms with van der Waals surface area (Å²) >= 11 is 0.961. The molecule has 0 spiro atoms. The van der Waals surface area contributed by atoms with Crippen LogP contribution in [0.4, 0.5) is 0 Å². The number of ether oxygens (including phenoxy) is 2. The first-order valence-corrected chi connectivity index (χ1v) is 14.2. The molecular weight excluding hydrogens is 518 g/mol. The molecule has 0 saturated heterocycles. The maximum Gasteiger partial charge on any atom is 0.326 e. The van der Waals surface area contributed by atoms with Crippen molar-refractivity contribution in [3.63, 3.8) is 0 Å². The first-order chi connectivity index (χ1) is 16.4. The lowest BCUT2D eigenvalue weighted by Crippen LogP contribution is -2.23. The zero-order chi connectivity index (χ0) is 25.8. The summed E-state index contributed by atoms with van der Waals surface area (Å²) < 4.78 is 60.4. The standard InChI is InChI=1S/C21H23N3O8S3/c1-3-32-20(26)13-24-17-9-8-16(35(22,29)30)12-18(17)33-21(24)23-19(25)10-11-34(27,28)15-6-4-14(31-2)5-7-15/h4-9,12H,3,10-11,13H2,1-2H3,(H2,22,29,30). The Kier molecular flexibility index (Phi) is 8.10. The van der Waals surface area contributed by atoms with Crippen LogP contribution in [0.3, 0.4) is 0 Å². The van der Waals surface area contributed by atoms with Crippen molar-refractivity contribution in [2.75, 3.05) is 19.5 Å². The summed E-state index contributed by atoms with van der Waals surface area (Å²) in [6.07, 6.45) is -0.398. The van der Waals surface area contributed by atoms with Crippen LogP contribution in [0.15, 0.2) is 57.2 Å². The summed E-state index contributed by atoms with van der Waals surface area (Å²) in [5, 5.41) is 5.19. The minimum atomic E-state index is -3.97. The summed E-state index contributed by atoms with van der Waals surface area (Å²) in [4.78, 5) is 28.7. The molecule has 35 heavy (non-hydrogen) atoms. The van der Waals surface area contributed by atoms with E-state index in [1.807, 2.05) is 0 Å². The van der Waals surface area contributed by atoms with Crippen molar-refractivity contribution in [1.82, 2.24) is 4.57 Å². The van der Waals surface area contributed by atoms with Crippen molar-refractivity contribution in [2.24, 2.45) is 10.1 Å². The summed E-state index contributed by atoms with van der Waals surface area (Å²) in [6.45, 7) is 1.51. The van der Waals surface area contributed by atoms with Gasteiger partial charge in [0.25, 0.3) is 0 Å². The van der Waals surface area contributed by atoms with Gasteiger partial charge in [0.05, 0.1) is 39.5 Å². The number of methoxy groups -OCH3 is 1. The van der Waals surface area contributed by atoms with E-state index in [1.54, 1.807) is 6.92 Å². The molecule has 3 rings (SSSR count). The van der Waals surface area contributed by atoms with Gasteiger partial charge in [-0.05, 0) is 49.4 Å². The first-order valence-electron chi connectivity index (χ1n) is 10.2. The molecule has 11 nitrogen and oxygen atoms in total. The number of carbonyl (C=O) groups excluding carboxylic acids is 2. The fourth-order valence-corrected chi connectivity index (χ4v) is 6.02. The van der Waals surface area contributed by atoms with Crippen LogP contribution in [0, 0.1) is 0 Å². The van der Waals surface area contributed by atoms with E-state index in [4.69, 9.17) is 14.6 Å². The molecule has 0 unspecified atom stereocenters. The Morgan fingerprint density at radius 1 is 1.06 bits per heavy atom. The van der Waals surface area contributed by atoms with Crippen LogP contribution in [0.5, 0.6) is 5.75 Å². The molecule has 0 atom stereocenters. The fraction of sp³-hybridized carbons (Fsp3) is 0.286. The van der Waals surface area contributed by atoms with Gasteiger partial charge in [0, 0.05) is 6.42 Å². The van der Waals surface area contributed by atoms with E-state index in [-0.39, 0.29) is 27.7 Å². The molecule has 0 saturated carbocycles. The topological polar surface area (TPSA) is 164 Å². The molecule has 188 valence electrons. The lowest BCUT2D eigenvalue weighted by atomic mass is 10.3. The van der Waals surface area contributed by atoms with Crippen molar-refractivity contribution in [2.45, 2.75) is 29.7 Å². The molecule has 2 aromatic carbocycles. The van der Waals surface area contributed by atoms with E-state index in [0.29, 0.717) is 16.0 Å². The number of aromatic nitrogens is 1. The SMILES string of the molecule is CCOC(=O)Cn1c(=NC(=O)CCS(=O)(=O)c2ccc(OC)cc2)sc2cc(S(N)(=O)=O)ccc21. The second-order valence-electron chi connectivity index (χ2n) is 7.20. The number of rotatable bonds is 9. The molecule has 14 heteroatoms. The zero-order valence-corrected chi connectivity index (χ0v) is 21.3. The molecule has 0 fully saturated rings. The average molecular weight is 542 g/mol. The lowest BCUT2D eigenvalue weighted by molar-refractivity contribution is -0.143. The van der Waals surface area contributed by atoms with Gasteiger partial charge in [-0.2, -0.15) is 4.99 Å². The van der Waals surface area contributed by atoms with E-state index in [9.17, 15) is 26.4 Å². The van der Waals surface area contributed by atoms with Crippen molar-refractivity contribution in [3.05, 3.63) is 47.3 Å². The van der Waals surface area contributed by atoms with E-state index in [1.165, 1.54) is 54.1 Å². The average Bonchev–Trinajstić information content (AvgIpc) is 3.13. The molecule has 1 aromatic heterocycles. The predicted molar refractivity (Wildman–Crippen MR) is 128 cm³/mol. The van der Waals surface area contributed by atoms with Gasteiger partial charge in [-0.15, -0.1) is 0 Å². The molecule has 1 heterocycles. The quantitative estimate of drug-likeness (QED) is 0.395. The molecule has 0 aliphatic heterocycles. The number of esters is 1. The Bertz CT molecular complexity index is 1540. The zero-order valence-electron chi connectivity index (χ0n) is 18.8. The number of thiazole rings is 1. The van der Waals surface area contributed by atoms with Gasteiger partial charge in [0.1, 0.15) is 12.3 Å². The maximum atomic E-state index is 12.6. The molecule has 0 aliphatic carbocycles. The third-order valence-electron chi connectivity index (χ3n) is 4.80. The number of carbonyl (C=O) groups is 2. The summed E-state index contributed by atoms with van der Waals surface area (Å²) in [5.41, 5.74) is 0.438. The van der Waals surface area contributed by atoms with Crippen LogP contribution in [0.2, 0.25) is 0 Å². The Morgan fingerprint density at radius 2 is 1.71 bits per heavy atom. The number of benzene rings is 2. The first kappa shape index (κ1) is 26.5.